The van der Waals surface area contributed by atoms with Crippen LogP contribution in [0.2, 0.25) is 0 Å². The Morgan fingerprint density at radius 2 is 2.11 bits per heavy atom. The first kappa shape index (κ1) is 15.1. The van der Waals surface area contributed by atoms with Gasteiger partial charge in [-0.1, -0.05) is 22.0 Å². The summed E-state index contributed by atoms with van der Waals surface area (Å²) in [6, 6.07) is 4.89. The van der Waals surface area contributed by atoms with Crippen molar-refractivity contribution in [1.29, 1.82) is 0 Å². The van der Waals surface area contributed by atoms with E-state index in [4.69, 9.17) is 14.6 Å². The predicted molar refractivity (Wildman–Crippen MR) is 71.8 cm³/mol. The van der Waals surface area contributed by atoms with Crippen molar-refractivity contribution < 1.29 is 19.4 Å². The number of rotatable bonds is 7. The minimum atomic E-state index is -0.937. The van der Waals surface area contributed by atoms with Gasteiger partial charge in [0, 0.05) is 4.47 Å². The Morgan fingerprint density at radius 1 is 1.39 bits per heavy atom. The molecule has 18 heavy (non-hydrogen) atoms. The molecule has 1 rings (SSSR count). The molecule has 0 amide bonds. The molecule has 0 unspecified atom stereocenters. The summed E-state index contributed by atoms with van der Waals surface area (Å²) in [5.74, 6) is -0.937. The largest absolute Gasteiger partial charge is 0.478 e. The smallest absolute Gasteiger partial charge is 0.335 e. The van der Waals surface area contributed by atoms with Crippen molar-refractivity contribution in [2.45, 2.75) is 26.6 Å². The zero-order valence-electron chi connectivity index (χ0n) is 10.5. The Hall–Kier alpha value is -0.910. The molecule has 0 atom stereocenters. The van der Waals surface area contributed by atoms with Gasteiger partial charge >= 0.3 is 5.97 Å². The van der Waals surface area contributed by atoms with Crippen LogP contribution in [0.4, 0.5) is 0 Å². The highest BCUT2D eigenvalue weighted by Gasteiger charge is 2.06. The highest BCUT2D eigenvalue weighted by atomic mass is 79.9. The summed E-state index contributed by atoms with van der Waals surface area (Å²) in [7, 11) is 0. The van der Waals surface area contributed by atoms with Crippen LogP contribution >= 0.6 is 15.9 Å². The van der Waals surface area contributed by atoms with E-state index >= 15 is 0 Å². The second-order valence-corrected chi connectivity index (χ2v) is 4.94. The Kier molecular flexibility index (Phi) is 6.32. The maximum absolute atomic E-state index is 10.8. The lowest BCUT2D eigenvalue weighted by molar-refractivity contribution is 0.0142. The Morgan fingerprint density at radius 3 is 2.67 bits per heavy atom. The molecule has 0 aliphatic heterocycles. The maximum Gasteiger partial charge on any atom is 0.335 e. The molecule has 4 nitrogen and oxygen atoms in total. The van der Waals surface area contributed by atoms with E-state index in [0.29, 0.717) is 19.8 Å². The summed E-state index contributed by atoms with van der Waals surface area (Å²) in [5, 5.41) is 8.83. The number of hydrogen-bond donors (Lipinski definition) is 1. The third-order valence-electron chi connectivity index (χ3n) is 2.24. The van der Waals surface area contributed by atoms with Crippen LogP contribution in [0.1, 0.15) is 29.8 Å². The molecule has 0 aromatic heterocycles. The number of carbonyl (C=O) groups is 1. The van der Waals surface area contributed by atoms with Crippen molar-refractivity contribution >= 4 is 21.9 Å². The third-order valence-corrected chi connectivity index (χ3v) is 2.97. The van der Waals surface area contributed by atoms with Gasteiger partial charge in [-0.25, -0.2) is 4.79 Å². The van der Waals surface area contributed by atoms with Crippen LogP contribution in [0.5, 0.6) is 0 Å². The number of carboxylic acid groups (broad SMARTS) is 1. The number of carboxylic acids is 1. The summed E-state index contributed by atoms with van der Waals surface area (Å²) in [6.07, 6.45) is 0.204. The standard InChI is InChI=1S/C13H17BrO4/c1-9(2)18-6-5-17-8-11-4-3-10(13(15)16)7-12(11)14/h3-4,7,9H,5-6,8H2,1-2H3,(H,15,16). The van der Waals surface area contributed by atoms with Gasteiger partial charge in [-0.3, -0.25) is 0 Å². The van der Waals surface area contributed by atoms with Crippen LogP contribution in [-0.4, -0.2) is 30.4 Å². The summed E-state index contributed by atoms with van der Waals surface area (Å²) < 4.78 is 11.5. The number of benzene rings is 1. The van der Waals surface area contributed by atoms with E-state index in [2.05, 4.69) is 15.9 Å². The first-order valence-corrected chi connectivity index (χ1v) is 6.51. The molecule has 0 saturated carbocycles. The number of ether oxygens (including phenoxy) is 2. The molecule has 1 aromatic carbocycles. The molecular formula is C13H17BrO4. The van der Waals surface area contributed by atoms with Crippen molar-refractivity contribution in [1.82, 2.24) is 0 Å². The fourth-order valence-electron chi connectivity index (χ4n) is 1.32. The van der Waals surface area contributed by atoms with Gasteiger partial charge in [-0.15, -0.1) is 0 Å². The van der Waals surface area contributed by atoms with Crippen LogP contribution in [-0.2, 0) is 16.1 Å². The minimum absolute atomic E-state index is 0.204. The van der Waals surface area contributed by atoms with Crippen LogP contribution in [0.3, 0.4) is 0 Å². The molecule has 0 radical (unpaired) electrons. The molecule has 0 saturated heterocycles. The highest BCUT2D eigenvalue weighted by Crippen LogP contribution is 2.19. The quantitative estimate of drug-likeness (QED) is 0.785. The van der Waals surface area contributed by atoms with Crippen molar-refractivity contribution in [3.05, 3.63) is 33.8 Å². The Bertz CT molecular complexity index is 404. The summed E-state index contributed by atoms with van der Waals surface area (Å²) >= 11 is 3.33. The first-order valence-electron chi connectivity index (χ1n) is 5.71. The van der Waals surface area contributed by atoms with Gasteiger partial charge in [0.25, 0.3) is 0 Å². The molecule has 1 N–H and O–H groups in total. The van der Waals surface area contributed by atoms with Crippen LogP contribution < -0.4 is 0 Å². The van der Waals surface area contributed by atoms with Crippen LogP contribution in [0.25, 0.3) is 0 Å². The predicted octanol–water partition coefficient (Wildman–Crippen LogP) is 3.09. The average molecular weight is 317 g/mol. The summed E-state index contributed by atoms with van der Waals surface area (Å²) in [6.45, 7) is 5.46. The van der Waals surface area contributed by atoms with Crippen molar-refractivity contribution in [2.75, 3.05) is 13.2 Å². The maximum atomic E-state index is 10.8. The van der Waals surface area contributed by atoms with Gasteiger partial charge in [-0.05, 0) is 31.5 Å². The van der Waals surface area contributed by atoms with Gasteiger partial charge in [0.15, 0.2) is 0 Å². The minimum Gasteiger partial charge on any atom is -0.478 e. The topological polar surface area (TPSA) is 55.8 Å². The molecule has 0 aliphatic rings. The lowest BCUT2D eigenvalue weighted by atomic mass is 10.1. The third kappa shape index (κ3) is 5.16. The fraction of sp³-hybridized carbons (Fsp3) is 0.462. The molecule has 100 valence electrons. The molecule has 0 spiro atoms. The monoisotopic (exact) mass is 316 g/mol. The lowest BCUT2D eigenvalue weighted by Gasteiger charge is -2.09. The lowest BCUT2D eigenvalue weighted by Crippen LogP contribution is -2.09. The van der Waals surface area contributed by atoms with Gasteiger partial charge in [0.05, 0.1) is 31.5 Å². The van der Waals surface area contributed by atoms with Crippen molar-refractivity contribution in [3.63, 3.8) is 0 Å². The van der Waals surface area contributed by atoms with Gasteiger partial charge in [0.2, 0.25) is 0 Å². The number of hydrogen-bond acceptors (Lipinski definition) is 3. The first-order chi connectivity index (χ1) is 8.50. The average Bonchev–Trinajstić information content (AvgIpc) is 2.29. The summed E-state index contributed by atoms with van der Waals surface area (Å²) in [5.41, 5.74) is 1.18. The zero-order valence-corrected chi connectivity index (χ0v) is 12.1. The van der Waals surface area contributed by atoms with E-state index < -0.39 is 5.97 Å². The fourth-order valence-corrected chi connectivity index (χ4v) is 1.82. The van der Waals surface area contributed by atoms with E-state index in [1.54, 1.807) is 18.2 Å². The van der Waals surface area contributed by atoms with E-state index in [-0.39, 0.29) is 11.7 Å². The molecule has 0 heterocycles. The molecule has 0 bridgehead atoms. The molecule has 0 fully saturated rings. The number of aromatic carboxylic acids is 1. The zero-order chi connectivity index (χ0) is 13.5. The normalized spacial score (nSPS) is 10.9. The van der Waals surface area contributed by atoms with Crippen LogP contribution in [0.15, 0.2) is 22.7 Å². The highest BCUT2D eigenvalue weighted by molar-refractivity contribution is 9.10. The van der Waals surface area contributed by atoms with Gasteiger partial charge < -0.3 is 14.6 Å². The molecule has 5 heteroatoms. The van der Waals surface area contributed by atoms with Crippen molar-refractivity contribution in [2.24, 2.45) is 0 Å². The number of halogens is 1. The molecule has 0 aliphatic carbocycles. The van der Waals surface area contributed by atoms with Crippen molar-refractivity contribution in [3.8, 4) is 0 Å². The van der Waals surface area contributed by atoms with Gasteiger partial charge in [-0.2, -0.15) is 0 Å². The van der Waals surface area contributed by atoms with E-state index in [9.17, 15) is 4.79 Å². The Labute approximate surface area is 115 Å². The molecular weight excluding hydrogens is 300 g/mol. The Balaban J connectivity index is 2.41. The second-order valence-electron chi connectivity index (χ2n) is 4.08. The second kappa shape index (κ2) is 7.51. The molecule has 1 aromatic rings. The van der Waals surface area contributed by atoms with E-state index in [1.807, 2.05) is 13.8 Å². The van der Waals surface area contributed by atoms with E-state index in [0.717, 1.165) is 10.0 Å². The SMILES string of the molecule is CC(C)OCCOCc1ccc(C(=O)O)cc1Br. The van der Waals surface area contributed by atoms with Gasteiger partial charge in [0.1, 0.15) is 0 Å². The van der Waals surface area contributed by atoms with E-state index in [1.165, 1.54) is 0 Å². The summed E-state index contributed by atoms with van der Waals surface area (Å²) in [4.78, 5) is 10.8. The van der Waals surface area contributed by atoms with Crippen LogP contribution in [0, 0.1) is 0 Å².